The Morgan fingerprint density at radius 2 is 2.36 bits per heavy atom. The Hall–Kier alpha value is -1.44. The summed E-state index contributed by atoms with van der Waals surface area (Å²) in [6, 6.07) is 1.95. The summed E-state index contributed by atoms with van der Waals surface area (Å²) in [5.74, 6) is 1.72. The molecule has 1 aromatic rings. The molecule has 2 aliphatic rings. The third-order valence-electron chi connectivity index (χ3n) is 4.20. The Balaban J connectivity index is 1.53. The molecule has 7 heteroatoms. The lowest BCUT2D eigenvalue weighted by molar-refractivity contribution is -0.0740. The fourth-order valence-electron chi connectivity index (χ4n) is 2.95. The van der Waals surface area contributed by atoms with Gasteiger partial charge in [-0.2, -0.15) is 0 Å². The minimum Gasteiger partial charge on any atom is -0.377 e. The molecule has 2 saturated heterocycles. The third kappa shape index (κ3) is 3.66. The standard InChI is InChI=1S/C15H25N5O2/c1-20(2)14-7-13(18-11-19-14)17-8-12-3-4-15(22-12)9-16-5-6-21-10-15/h7,11-12,16H,3-6,8-10H2,1-2H3,(H,17,18,19)/t12-,15+/m1/s1. The lowest BCUT2D eigenvalue weighted by Crippen LogP contribution is -2.43. The predicted octanol–water partition coefficient (Wildman–Crippen LogP) is 0.492. The Bertz CT molecular complexity index is 489. The Morgan fingerprint density at radius 3 is 3.23 bits per heavy atom. The maximum absolute atomic E-state index is 6.27. The van der Waals surface area contributed by atoms with Crippen LogP contribution in [-0.4, -0.2) is 68.6 Å². The summed E-state index contributed by atoms with van der Waals surface area (Å²) < 4.78 is 11.9. The molecule has 1 aromatic heterocycles. The van der Waals surface area contributed by atoms with E-state index >= 15 is 0 Å². The van der Waals surface area contributed by atoms with Gasteiger partial charge >= 0.3 is 0 Å². The summed E-state index contributed by atoms with van der Waals surface area (Å²) >= 11 is 0. The van der Waals surface area contributed by atoms with Crippen molar-refractivity contribution >= 4 is 11.6 Å². The summed E-state index contributed by atoms with van der Waals surface area (Å²) in [6.07, 6.45) is 3.86. The van der Waals surface area contributed by atoms with Gasteiger partial charge in [0.25, 0.3) is 0 Å². The molecule has 0 aromatic carbocycles. The smallest absolute Gasteiger partial charge is 0.133 e. The highest BCUT2D eigenvalue weighted by Gasteiger charge is 2.40. The highest BCUT2D eigenvalue weighted by molar-refractivity contribution is 5.47. The van der Waals surface area contributed by atoms with Crippen LogP contribution in [0.5, 0.6) is 0 Å². The van der Waals surface area contributed by atoms with Gasteiger partial charge in [0.2, 0.25) is 0 Å². The highest BCUT2D eigenvalue weighted by Crippen LogP contribution is 2.31. The van der Waals surface area contributed by atoms with Gasteiger partial charge in [0, 0.05) is 39.8 Å². The Morgan fingerprint density at radius 1 is 1.45 bits per heavy atom. The van der Waals surface area contributed by atoms with E-state index in [2.05, 4.69) is 20.6 Å². The van der Waals surface area contributed by atoms with Crippen LogP contribution in [0.25, 0.3) is 0 Å². The Kier molecular flexibility index (Phi) is 4.75. The first-order valence-electron chi connectivity index (χ1n) is 7.86. The van der Waals surface area contributed by atoms with Crippen LogP contribution in [0.2, 0.25) is 0 Å². The molecule has 2 N–H and O–H groups in total. The van der Waals surface area contributed by atoms with Gasteiger partial charge in [0.1, 0.15) is 23.6 Å². The zero-order valence-electron chi connectivity index (χ0n) is 13.3. The van der Waals surface area contributed by atoms with E-state index in [4.69, 9.17) is 9.47 Å². The molecule has 122 valence electrons. The second kappa shape index (κ2) is 6.76. The quantitative estimate of drug-likeness (QED) is 0.839. The fourth-order valence-corrected chi connectivity index (χ4v) is 2.95. The van der Waals surface area contributed by atoms with Crippen LogP contribution in [0, 0.1) is 0 Å². The predicted molar refractivity (Wildman–Crippen MR) is 85.4 cm³/mol. The molecule has 7 nitrogen and oxygen atoms in total. The van der Waals surface area contributed by atoms with Crippen molar-refractivity contribution < 1.29 is 9.47 Å². The van der Waals surface area contributed by atoms with Gasteiger partial charge in [0.05, 0.1) is 19.3 Å². The van der Waals surface area contributed by atoms with Crippen molar-refractivity contribution in [2.75, 3.05) is 57.2 Å². The molecular weight excluding hydrogens is 282 g/mol. The van der Waals surface area contributed by atoms with Crippen molar-refractivity contribution in [3.05, 3.63) is 12.4 Å². The van der Waals surface area contributed by atoms with E-state index in [1.54, 1.807) is 6.33 Å². The van der Waals surface area contributed by atoms with E-state index in [9.17, 15) is 0 Å². The van der Waals surface area contributed by atoms with Gasteiger partial charge in [-0.25, -0.2) is 9.97 Å². The number of nitrogens with zero attached hydrogens (tertiary/aromatic N) is 3. The van der Waals surface area contributed by atoms with Crippen LogP contribution in [0.4, 0.5) is 11.6 Å². The maximum atomic E-state index is 6.27. The van der Waals surface area contributed by atoms with Crippen LogP contribution in [0.15, 0.2) is 12.4 Å². The minimum atomic E-state index is -0.149. The van der Waals surface area contributed by atoms with Crippen LogP contribution >= 0.6 is 0 Å². The van der Waals surface area contributed by atoms with Gasteiger partial charge in [-0.1, -0.05) is 0 Å². The lowest BCUT2D eigenvalue weighted by atomic mass is 10.0. The Labute approximate surface area is 131 Å². The second-order valence-electron chi connectivity index (χ2n) is 6.23. The summed E-state index contributed by atoms with van der Waals surface area (Å²) in [4.78, 5) is 10.4. The molecule has 2 atom stereocenters. The minimum absolute atomic E-state index is 0.149. The number of rotatable bonds is 4. The molecule has 0 unspecified atom stereocenters. The first kappa shape index (κ1) is 15.5. The molecular formula is C15H25N5O2. The van der Waals surface area contributed by atoms with Gasteiger partial charge < -0.3 is 25.0 Å². The topological polar surface area (TPSA) is 71.5 Å². The number of ether oxygens (including phenoxy) is 2. The van der Waals surface area contributed by atoms with Crippen LogP contribution in [0.1, 0.15) is 12.8 Å². The number of nitrogens with one attached hydrogen (secondary N) is 2. The number of hydrogen-bond acceptors (Lipinski definition) is 7. The van der Waals surface area contributed by atoms with E-state index in [-0.39, 0.29) is 11.7 Å². The van der Waals surface area contributed by atoms with Crippen molar-refractivity contribution in [1.82, 2.24) is 15.3 Å². The fraction of sp³-hybridized carbons (Fsp3) is 0.733. The summed E-state index contributed by atoms with van der Waals surface area (Å²) in [6.45, 7) is 3.99. The number of aromatic nitrogens is 2. The van der Waals surface area contributed by atoms with E-state index in [1.165, 1.54) is 0 Å². The zero-order chi connectivity index (χ0) is 15.4. The molecule has 3 heterocycles. The van der Waals surface area contributed by atoms with E-state index in [0.29, 0.717) is 6.61 Å². The molecule has 0 aliphatic carbocycles. The zero-order valence-corrected chi connectivity index (χ0v) is 13.3. The molecule has 3 rings (SSSR count). The van der Waals surface area contributed by atoms with Crippen molar-refractivity contribution in [3.63, 3.8) is 0 Å². The van der Waals surface area contributed by atoms with Crippen molar-refractivity contribution in [1.29, 1.82) is 0 Å². The SMILES string of the molecule is CN(C)c1cc(NC[C@H]2CC[C@@]3(CNCCOC3)O2)ncn1. The number of hydrogen-bond donors (Lipinski definition) is 2. The first-order chi connectivity index (χ1) is 10.7. The van der Waals surface area contributed by atoms with Crippen LogP contribution in [-0.2, 0) is 9.47 Å². The molecule has 2 aliphatic heterocycles. The summed E-state index contributed by atoms with van der Waals surface area (Å²) in [5.41, 5.74) is -0.149. The van der Waals surface area contributed by atoms with Crippen molar-refractivity contribution in [3.8, 4) is 0 Å². The van der Waals surface area contributed by atoms with Crippen LogP contribution < -0.4 is 15.5 Å². The molecule has 0 saturated carbocycles. The van der Waals surface area contributed by atoms with Crippen LogP contribution in [0.3, 0.4) is 0 Å². The molecule has 1 spiro atoms. The van der Waals surface area contributed by atoms with E-state index in [1.807, 2.05) is 25.1 Å². The summed E-state index contributed by atoms with van der Waals surface area (Å²) in [7, 11) is 3.93. The van der Waals surface area contributed by atoms with Gasteiger partial charge in [-0.3, -0.25) is 0 Å². The second-order valence-corrected chi connectivity index (χ2v) is 6.23. The van der Waals surface area contributed by atoms with Crippen molar-refractivity contribution in [2.24, 2.45) is 0 Å². The highest BCUT2D eigenvalue weighted by atomic mass is 16.6. The summed E-state index contributed by atoms with van der Waals surface area (Å²) in [5, 5.41) is 6.75. The molecule has 0 radical (unpaired) electrons. The average Bonchev–Trinajstić information content (AvgIpc) is 2.77. The van der Waals surface area contributed by atoms with E-state index < -0.39 is 0 Å². The monoisotopic (exact) mass is 307 g/mol. The first-order valence-corrected chi connectivity index (χ1v) is 7.86. The third-order valence-corrected chi connectivity index (χ3v) is 4.20. The van der Waals surface area contributed by atoms with Gasteiger partial charge in [-0.15, -0.1) is 0 Å². The van der Waals surface area contributed by atoms with E-state index in [0.717, 1.165) is 50.7 Å². The number of anilines is 2. The molecule has 0 bridgehead atoms. The molecule has 0 amide bonds. The van der Waals surface area contributed by atoms with Gasteiger partial charge in [-0.05, 0) is 12.8 Å². The average molecular weight is 307 g/mol. The van der Waals surface area contributed by atoms with Crippen molar-refractivity contribution in [2.45, 2.75) is 24.5 Å². The normalized spacial score (nSPS) is 28.5. The van der Waals surface area contributed by atoms with Gasteiger partial charge in [0.15, 0.2) is 0 Å². The molecule has 2 fully saturated rings. The largest absolute Gasteiger partial charge is 0.377 e. The molecule has 22 heavy (non-hydrogen) atoms. The lowest BCUT2D eigenvalue weighted by Gasteiger charge is -2.27. The maximum Gasteiger partial charge on any atom is 0.133 e.